The van der Waals surface area contributed by atoms with E-state index in [1.807, 2.05) is 33.8 Å². The third-order valence-corrected chi connectivity index (χ3v) is 6.71. The Labute approximate surface area is 127 Å². The fourth-order valence-electron chi connectivity index (χ4n) is 2.91. The second-order valence-corrected chi connectivity index (χ2v) is 7.84. The standard InChI is InChI=1S/C15H24N2O3S/c1-9-6-10(2)12(4)15(11(9)3)21(19,20)17(5)13-7-16-8-14(13)18/h6,13-14,16,18H,7-8H2,1-5H3/t13-,14-/m1/s1. The number of sulfonamides is 1. The van der Waals surface area contributed by atoms with Crippen molar-refractivity contribution in [3.8, 4) is 0 Å². The molecular formula is C15H24N2O3S. The monoisotopic (exact) mass is 312 g/mol. The summed E-state index contributed by atoms with van der Waals surface area (Å²) in [5.74, 6) is 0. The van der Waals surface area contributed by atoms with Gasteiger partial charge in [-0.1, -0.05) is 6.07 Å². The molecule has 1 heterocycles. The van der Waals surface area contributed by atoms with Crippen LogP contribution < -0.4 is 5.32 Å². The highest BCUT2D eigenvalue weighted by atomic mass is 32.2. The van der Waals surface area contributed by atoms with Gasteiger partial charge in [0.2, 0.25) is 10.0 Å². The summed E-state index contributed by atoms with van der Waals surface area (Å²) in [5, 5.41) is 13.0. The molecule has 0 aliphatic carbocycles. The van der Waals surface area contributed by atoms with Crippen LogP contribution in [0.25, 0.3) is 0 Å². The van der Waals surface area contributed by atoms with Crippen molar-refractivity contribution in [2.24, 2.45) is 0 Å². The normalized spacial score (nSPS) is 23.0. The molecule has 0 aromatic heterocycles. The quantitative estimate of drug-likeness (QED) is 0.869. The Morgan fingerprint density at radius 1 is 1.14 bits per heavy atom. The van der Waals surface area contributed by atoms with Crippen LogP contribution in [-0.2, 0) is 10.0 Å². The lowest BCUT2D eigenvalue weighted by atomic mass is 10.0. The molecule has 21 heavy (non-hydrogen) atoms. The second-order valence-electron chi connectivity index (χ2n) is 5.90. The van der Waals surface area contributed by atoms with Crippen molar-refractivity contribution in [1.82, 2.24) is 9.62 Å². The van der Waals surface area contributed by atoms with Crippen molar-refractivity contribution >= 4 is 10.0 Å². The average Bonchev–Trinajstić information content (AvgIpc) is 2.81. The van der Waals surface area contributed by atoms with Crippen LogP contribution in [0.3, 0.4) is 0 Å². The first-order valence-electron chi connectivity index (χ1n) is 7.12. The lowest BCUT2D eigenvalue weighted by Crippen LogP contribution is -2.44. The Bertz CT molecular complexity index is 629. The van der Waals surface area contributed by atoms with Gasteiger partial charge in [-0.05, 0) is 49.9 Å². The molecule has 1 saturated heterocycles. The van der Waals surface area contributed by atoms with Gasteiger partial charge < -0.3 is 10.4 Å². The zero-order valence-electron chi connectivity index (χ0n) is 13.3. The summed E-state index contributed by atoms with van der Waals surface area (Å²) in [5.41, 5.74) is 3.50. The number of benzene rings is 1. The Hall–Kier alpha value is -0.950. The Morgan fingerprint density at radius 2 is 1.67 bits per heavy atom. The number of aliphatic hydroxyl groups is 1. The van der Waals surface area contributed by atoms with Crippen LogP contribution in [0.15, 0.2) is 11.0 Å². The fourth-order valence-corrected chi connectivity index (χ4v) is 4.87. The molecule has 1 aliphatic heterocycles. The minimum atomic E-state index is -3.63. The molecule has 2 N–H and O–H groups in total. The SMILES string of the molecule is Cc1cc(C)c(C)c(S(=O)(=O)N(C)[C@@H]2CNC[C@H]2O)c1C. The molecule has 0 spiro atoms. The van der Waals surface area contributed by atoms with Crippen molar-refractivity contribution in [3.05, 3.63) is 28.3 Å². The number of likely N-dealkylation sites (N-methyl/N-ethyl adjacent to an activating group) is 1. The molecule has 5 nitrogen and oxygen atoms in total. The van der Waals surface area contributed by atoms with Crippen LogP contribution in [0.5, 0.6) is 0 Å². The van der Waals surface area contributed by atoms with Crippen LogP contribution >= 0.6 is 0 Å². The van der Waals surface area contributed by atoms with Gasteiger partial charge in [0, 0.05) is 20.1 Å². The van der Waals surface area contributed by atoms with Crippen LogP contribution in [0, 0.1) is 27.7 Å². The third-order valence-electron chi connectivity index (χ3n) is 4.55. The van der Waals surface area contributed by atoms with Crippen molar-refractivity contribution in [2.45, 2.75) is 44.7 Å². The van der Waals surface area contributed by atoms with Crippen LogP contribution in [0.4, 0.5) is 0 Å². The predicted octanol–water partition coefficient (Wildman–Crippen LogP) is 0.873. The number of β-amino-alcohol motifs (C(OH)–C–C–N with tert-alkyl or cyclic N) is 1. The van der Waals surface area contributed by atoms with E-state index in [2.05, 4.69) is 5.32 Å². The summed E-state index contributed by atoms with van der Waals surface area (Å²) < 4.78 is 27.3. The van der Waals surface area contributed by atoms with E-state index < -0.39 is 22.2 Å². The van der Waals surface area contributed by atoms with E-state index in [4.69, 9.17) is 0 Å². The summed E-state index contributed by atoms with van der Waals surface area (Å²) in [6.07, 6.45) is -0.670. The number of aryl methyl sites for hydroxylation is 2. The topological polar surface area (TPSA) is 69.6 Å². The van der Waals surface area contributed by atoms with Gasteiger partial charge in [-0.2, -0.15) is 4.31 Å². The summed E-state index contributed by atoms with van der Waals surface area (Å²) in [6, 6.07) is 1.59. The molecule has 0 unspecified atom stereocenters. The highest BCUT2D eigenvalue weighted by molar-refractivity contribution is 7.89. The molecule has 0 radical (unpaired) electrons. The number of nitrogens with zero attached hydrogens (tertiary/aromatic N) is 1. The molecule has 0 saturated carbocycles. The van der Waals surface area contributed by atoms with Gasteiger partial charge in [0.1, 0.15) is 0 Å². The van der Waals surface area contributed by atoms with Crippen LogP contribution in [-0.4, -0.2) is 50.1 Å². The number of nitrogens with one attached hydrogen (secondary N) is 1. The summed E-state index contributed by atoms with van der Waals surface area (Å²) in [7, 11) is -2.08. The Balaban J connectivity index is 2.54. The van der Waals surface area contributed by atoms with E-state index in [1.165, 1.54) is 4.31 Å². The first-order valence-corrected chi connectivity index (χ1v) is 8.56. The largest absolute Gasteiger partial charge is 0.390 e. The van der Waals surface area contributed by atoms with E-state index in [9.17, 15) is 13.5 Å². The van der Waals surface area contributed by atoms with E-state index in [0.717, 1.165) is 22.3 Å². The fraction of sp³-hybridized carbons (Fsp3) is 0.600. The highest BCUT2D eigenvalue weighted by Crippen LogP contribution is 2.29. The number of hydrogen-bond acceptors (Lipinski definition) is 4. The smallest absolute Gasteiger partial charge is 0.243 e. The lowest BCUT2D eigenvalue weighted by Gasteiger charge is -2.28. The highest BCUT2D eigenvalue weighted by Gasteiger charge is 2.37. The van der Waals surface area contributed by atoms with Crippen molar-refractivity contribution in [2.75, 3.05) is 20.1 Å². The van der Waals surface area contributed by atoms with Gasteiger partial charge in [-0.15, -0.1) is 0 Å². The van der Waals surface area contributed by atoms with Crippen molar-refractivity contribution < 1.29 is 13.5 Å². The molecular weight excluding hydrogens is 288 g/mol. The minimum Gasteiger partial charge on any atom is -0.390 e. The first-order chi connectivity index (χ1) is 9.67. The maximum atomic E-state index is 13.0. The van der Waals surface area contributed by atoms with Gasteiger partial charge in [0.05, 0.1) is 17.0 Å². The van der Waals surface area contributed by atoms with Gasteiger partial charge in [0.15, 0.2) is 0 Å². The number of aliphatic hydroxyl groups excluding tert-OH is 1. The maximum Gasteiger partial charge on any atom is 0.243 e. The van der Waals surface area contributed by atoms with E-state index in [1.54, 1.807) is 7.05 Å². The minimum absolute atomic E-state index is 0.376. The maximum absolute atomic E-state index is 13.0. The van der Waals surface area contributed by atoms with Gasteiger partial charge in [-0.3, -0.25) is 0 Å². The summed E-state index contributed by atoms with van der Waals surface area (Å²) in [6.45, 7) is 8.42. The third kappa shape index (κ3) is 2.73. The van der Waals surface area contributed by atoms with E-state index >= 15 is 0 Å². The zero-order valence-corrected chi connectivity index (χ0v) is 14.1. The molecule has 1 aromatic carbocycles. The molecule has 1 fully saturated rings. The number of rotatable bonds is 3. The Kier molecular flexibility index (Phi) is 4.44. The van der Waals surface area contributed by atoms with Crippen molar-refractivity contribution in [3.63, 3.8) is 0 Å². The van der Waals surface area contributed by atoms with Gasteiger partial charge in [-0.25, -0.2) is 8.42 Å². The lowest BCUT2D eigenvalue weighted by molar-refractivity contribution is 0.136. The van der Waals surface area contributed by atoms with Crippen molar-refractivity contribution in [1.29, 1.82) is 0 Å². The molecule has 118 valence electrons. The predicted molar refractivity (Wildman–Crippen MR) is 83.0 cm³/mol. The molecule has 0 bridgehead atoms. The molecule has 0 amide bonds. The average molecular weight is 312 g/mol. The Morgan fingerprint density at radius 3 is 2.10 bits per heavy atom. The first kappa shape index (κ1) is 16.4. The number of hydrogen-bond donors (Lipinski definition) is 2. The van der Waals surface area contributed by atoms with Gasteiger partial charge >= 0.3 is 0 Å². The summed E-state index contributed by atoms with van der Waals surface area (Å²) in [4.78, 5) is 0.376. The van der Waals surface area contributed by atoms with Crippen LogP contribution in [0.1, 0.15) is 22.3 Å². The van der Waals surface area contributed by atoms with Gasteiger partial charge in [0.25, 0.3) is 0 Å². The van der Waals surface area contributed by atoms with Crippen LogP contribution in [0.2, 0.25) is 0 Å². The molecule has 2 rings (SSSR count). The summed E-state index contributed by atoms with van der Waals surface area (Å²) >= 11 is 0. The van der Waals surface area contributed by atoms with E-state index in [-0.39, 0.29) is 0 Å². The van der Waals surface area contributed by atoms with E-state index in [0.29, 0.717) is 18.0 Å². The second kappa shape index (κ2) is 5.68. The molecule has 1 aromatic rings. The molecule has 2 atom stereocenters. The molecule has 6 heteroatoms. The zero-order chi connectivity index (χ0) is 15.9. The molecule has 1 aliphatic rings.